The molecule has 5 aromatic rings. The Labute approximate surface area is 241 Å². The highest BCUT2D eigenvalue weighted by Gasteiger charge is 2.15. The standard InChI is InChI=1S/C32H27BrN4O3/c1-23(40-30-18-14-27(33)15-19-30)32(38)35-34-20-26-21-37(28-10-6-3-7-11-28)36-31(26)25-12-16-29(17-13-25)39-22-24-8-4-2-5-9-24/h2-21,23H,22H2,1H3,(H,35,38)/b34-20+. The van der Waals surface area contributed by atoms with Crippen LogP contribution in [-0.4, -0.2) is 28.0 Å². The number of ether oxygens (including phenoxy) is 2. The van der Waals surface area contributed by atoms with Crippen molar-refractivity contribution in [3.63, 3.8) is 0 Å². The zero-order valence-electron chi connectivity index (χ0n) is 21.8. The normalized spacial score (nSPS) is 11.8. The molecular weight excluding hydrogens is 568 g/mol. The van der Waals surface area contributed by atoms with E-state index in [0.29, 0.717) is 12.4 Å². The Hall–Kier alpha value is -4.69. The van der Waals surface area contributed by atoms with E-state index < -0.39 is 6.10 Å². The summed E-state index contributed by atoms with van der Waals surface area (Å²) in [4.78, 5) is 12.6. The van der Waals surface area contributed by atoms with Crippen molar-refractivity contribution in [3.8, 4) is 28.4 Å². The quantitative estimate of drug-likeness (QED) is 0.142. The molecule has 0 aliphatic heterocycles. The summed E-state index contributed by atoms with van der Waals surface area (Å²) < 4.78 is 14.4. The van der Waals surface area contributed by atoms with Gasteiger partial charge in [0.05, 0.1) is 11.9 Å². The average Bonchev–Trinajstić information content (AvgIpc) is 3.42. The Morgan fingerprint density at radius 2 is 1.57 bits per heavy atom. The summed E-state index contributed by atoms with van der Waals surface area (Å²) in [5, 5.41) is 9.02. The first kappa shape index (κ1) is 26.9. The smallest absolute Gasteiger partial charge is 0.280 e. The lowest BCUT2D eigenvalue weighted by molar-refractivity contribution is -0.127. The minimum Gasteiger partial charge on any atom is -0.489 e. The van der Waals surface area contributed by atoms with Crippen LogP contribution in [0.1, 0.15) is 18.1 Å². The van der Waals surface area contributed by atoms with E-state index in [4.69, 9.17) is 14.6 Å². The van der Waals surface area contributed by atoms with Gasteiger partial charge in [0.15, 0.2) is 6.10 Å². The molecule has 8 heteroatoms. The summed E-state index contributed by atoms with van der Waals surface area (Å²) in [5.41, 5.74) is 6.93. The van der Waals surface area contributed by atoms with E-state index in [1.54, 1.807) is 30.0 Å². The van der Waals surface area contributed by atoms with Crippen molar-refractivity contribution in [2.75, 3.05) is 0 Å². The van der Waals surface area contributed by atoms with Crippen molar-refractivity contribution in [1.29, 1.82) is 0 Å². The molecule has 0 saturated carbocycles. The van der Waals surface area contributed by atoms with Crippen LogP contribution in [0.3, 0.4) is 0 Å². The van der Waals surface area contributed by atoms with Gasteiger partial charge < -0.3 is 9.47 Å². The Morgan fingerprint density at radius 1 is 0.925 bits per heavy atom. The van der Waals surface area contributed by atoms with Crippen molar-refractivity contribution in [3.05, 3.63) is 131 Å². The predicted molar refractivity (Wildman–Crippen MR) is 160 cm³/mol. The summed E-state index contributed by atoms with van der Waals surface area (Å²) >= 11 is 3.39. The molecule has 1 N–H and O–H groups in total. The van der Waals surface area contributed by atoms with E-state index in [-0.39, 0.29) is 5.91 Å². The monoisotopic (exact) mass is 594 g/mol. The van der Waals surface area contributed by atoms with Gasteiger partial charge in [-0.15, -0.1) is 0 Å². The zero-order chi connectivity index (χ0) is 27.7. The Bertz CT molecular complexity index is 1570. The maximum Gasteiger partial charge on any atom is 0.280 e. The molecule has 0 fully saturated rings. The molecule has 0 radical (unpaired) electrons. The van der Waals surface area contributed by atoms with Crippen LogP contribution >= 0.6 is 15.9 Å². The highest BCUT2D eigenvalue weighted by Crippen LogP contribution is 2.25. The molecule has 5 rings (SSSR count). The second kappa shape index (κ2) is 12.9. The van der Waals surface area contributed by atoms with Crippen molar-refractivity contribution < 1.29 is 14.3 Å². The van der Waals surface area contributed by atoms with Crippen LogP contribution in [-0.2, 0) is 11.4 Å². The Morgan fingerprint density at radius 3 is 2.27 bits per heavy atom. The predicted octanol–water partition coefficient (Wildman–Crippen LogP) is 6.80. The largest absolute Gasteiger partial charge is 0.489 e. The van der Waals surface area contributed by atoms with Crippen LogP contribution < -0.4 is 14.9 Å². The highest BCUT2D eigenvalue weighted by molar-refractivity contribution is 9.10. The topological polar surface area (TPSA) is 77.7 Å². The molecule has 0 spiro atoms. The van der Waals surface area contributed by atoms with Gasteiger partial charge in [-0.2, -0.15) is 10.2 Å². The van der Waals surface area contributed by atoms with Crippen LogP contribution in [0, 0.1) is 0 Å². The molecule has 0 saturated heterocycles. The number of benzene rings is 4. The van der Waals surface area contributed by atoms with Crippen molar-refractivity contribution in [2.45, 2.75) is 19.6 Å². The van der Waals surface area contributed by atoms with Crippen LogP contribution in [0.2, 0.25) is 0 Å². The Kier molecular flexibility index (Phi) is 8.68. The number of nitrogens with one attached hydrogen (secondary N) is 1. The van der Waals surface area contributed by atoms with Crippen LogP contribution in [0.25, 0.3) is 16.9 Å². The first-order valence-electron chi connectivity index (χ1n) is 12.7. The number of nitrogens with zero attached hydrogens (tertiary/aromatic N) is 3. The van der Waals surface area contributed by atoms with Gasteiger partial charge in [0.25, 0.3) is 5.91 Å². The summed E-state index contributed by atoms with van der Waals surface area (Å²) in [6, 6.07) is 34.9. The summed E-state index contributed by atoms with van der Waals surface area (Å²) in [6.07, 6.45) is 2.74. The van der Waals surface area contributed by atoms with Gasteiger partial charge in [0, 0.05) is 21.8 Å². The summed E-state index contributed by atoms with van der Waals surface area (Å²) in [5.74, 6) is 0.992. The van der Waals surface area contributed by atoms with Gasteiger partial charge >= 0.3 is 0 Å². The summed E-state index contributed by atoms with van der Waals surface area (Å²) in [6.45, 7) is 2.16. The number of carbonyl (C=O) groups excluding carboxylic acids is 1. The molecular formula is C32H27BrN4O3. The highest BCUT2D eigenvalue weighted by atomic mass is 79.9. The SMILES string of the molecule is CC(Oc1ccc(Br)cc1)C(=O)N/N=C/c1cn(-c2ccccc2)nc1-c1ccc(OCc2ccccc2)cc1. The molecule has 0 aliphatic rings. The third-order valence-electron chi connectivity index (χ3n) is 6.01. The maximum absolute atomic E-state index is 12.6. The van der Waals surface area contributed by atoms with Crippen molar-refractivity contribution >= 4 is 28.1 Å². The maximum atomic E-state index is 12.6. The fraction of sp³-hybridized carbons (Fsp3) is 0.0938. The number of hydrazone groups is 1. The molecule has 200 valence electrons. The van der Waals surface area contributed by atoms with Gasteiger partial charge in [0.1, 0.15) is 23.8 Å². The number of halogens is 1. The Balaban J connectivity index is 1.31. The number of aromatic nitrogens is 2. The van der Waals surface area contributed by atoms with E-state index in [0.717, 1.165) is 38.3 Å². The van der Waals surface area contributed by atoms with Gasteiger partial charge in [-0.25, -0.2) is 10.1 Å². The first-order chi connectivity index (χ1) is 19.5. The van der Waals surface area contributed by atoms with Gasteiger partial charge in [-0.05, 0) is 73.2 Å². The van der Waals surface area contributed by atoms with E-state index in [1.807, 2.05) is 103 Å². The third-order valence-corrected chi connectivity index (χ3v) is 6.54. The number of para-hydroxylation sites is 1. The number of amides is 1. The molecule has 0 bridgehead atoms. The van der Waals surface area contributed by atoms with E-state index >= 15 is 0 Å². The molecule has 40 heavy (non-hydrogen) atoms. The molecule has 1 amide bonds. The minimum absolute atomic E-state index is 0.365. The molecule has 1 aromatic heterocycles. The van der Waals surface area contributed by atoms with Crippen LogP contribution in [0.15, 0.2) is 125 Å². The van der Waals surface area contributed by atoms with Crippen LogP contribution in [0.5, 0.6) is 11.5 Å². The fourth-order valence-electron chi connectivity index (χ4n) is 3.90. The lowest BCUT2D eigenvalue weighted by Gasteiger charge is -2.12. The number of hydrogen-bond acceptors (Lipinski definition) is 5. The minimum atomic E-state index is -0.728. The molecule has 7 nitrogen and oxygen atoms in total. The lowest BCUT2D eigenvalue weighted by Crippen LogP contribution is -2.33. The van der Waals surface area contributed by atoms with Crippen molar-refractivity contribution in [2.24, 2.45) is 5.10 Å². The zero-order valence-corrected chi connectivity index (χ0v) is 23.4. The molecule has 1 unspecified atom stereocenters. The molecule has 0 aliphatic carbocycles. The molecule has 1 atom stereocenters. The molecule has 4 aromatic carbocycles. The number of rotatable bonds is 10. The fourth-order valence-corrected chi connectivity index (χ4v) is 4.16. The second-order valence-corrected chi connectivity index (χ2v) is 9.88. The van der Waals surface area contributed by atoms with Crippen molar-refractivity contribution in [1.82, 2.24) is 15.2 Å². The number of carbonyl (C=O) groups is 1. The first-order valence-corrected chi connectivity index (χ1v) is 13.5. The van der Waals surface area contributed by atoms with E-state index in [9.17, 15) is 4.79 Å². The lowest BCUT2D eigenvalue weighted by atomic mass is 10.1. The molecule has 1 heterocycles. The van der Waals surface area contributed by atoms with E-state index in [2.05, 4.69) is 26.5 Å². The average molecular weight is 595 g/mol. The van der Waals surface area contributed by atoms with Gasteiger partial charge in [-0.1, -0.05) is 64.5 Å². The third kappa shape index (κ3) is 7.03. The second-order valence-electron chi connectivity index (χ2n) is 8.96. The number of hydrogen-bond donors (Lipinski definition) is 1. The van der Waals surface area contributed by atoms with Gasteiger partial charge in [0.2, 0.25) is 0 Å². The summed E-state index contributed by atoms with van der Waals surface area (Å²) in [7, 11) is 0. The van der Waals surface area contributed by atoms with Gasteiger partial charge in [-0.3, -0.25) is 4.79 Å². The van der Waals surface area contributed by atoms with E-state index in [1.165, 1.54) is 0 Å². The van der Waals surface area contributed by atoms with Crippen LogP contribution in [0.4, 0.5) is 0 Å².